The largest absolute Gasteiger partial charge is 0.355 e. The number of carbonyl (C=O) groups is 2. The predicted molar refractivity (Wildman–Crippen MR) is 123 cm³/mol. The number of fused-ring (bicyclic) bond motifs is 1. The number of aryl methyl sites for hydroxylation is 1. The van der Waals surface area contributed by atoms with Gasteiger partial charge in [-0.05, 0) is 36.6 Å². The fraction of sp³-hybridized carbons (Fsp3) is 0.273. The SMILES string of the molecule is Cc1nc2cc(N3CC(C(=O)NCCc4[nH]cnc4-c4cccs4)CC3=O)ccc2s1. The molecule has 9 heteroatoms. The second-order valence-corrected chi connectivity index (χ2v) is 9.72. The van der Waals surface area contributed by atoms with Crippen LogP contribution >= 0.6 is 22.7 Å². The van der Waals surface area contributed by atoms with E-state index in [1.165, 1.54) is 0 Å². The van der Waals surface area contributed by atoms with E-state index in [9.17, 15) is 9.59 Å². The van der Waals surface area contributed by atoms with E-state index < -0.39 is 0 Å². The monoisotopic (exact) mass is 451 g/mol. The number of aromatic amines is 1. The van der Waals surface area contributed by atoms with Crippen LogP contribution in [0.1, 0.15) is 17.1 Å². The van der Waals surface area contributed by atoms with Crippen LogP contribution in [0.15, 0.2) is 42.0 Å². The number of thiophene rings is 1. The first-order chi connectivity index (χ1) is 15.1. The molecule has 1 saturated heterocycles. The molecule has 7 nitrogen and oxygen atoms in total. The Morgan fingerprint density at radius 3 is 3.10 bits per heavy atom. The number of hydrogen-bond acceptors (Lipinski definition) is 6. The number of thiazole rings is 1. The Labute approximate surface area is 187 Å². The van der Waals surface area contributed by atoms with E-state index in [0.29, 0.717) is 19.5 Å². The zero-order valence-corrected chi connectivity index (χ0v) is 18.6. The molecule has 1 aromatic carbocycles. The van der Waals surface area contributed by atoms with Crippen LogP contribution in [0.2, 0.25) is 0 Å². The number of benzene rings is 1. The van der Waals surface area contributed by atoms with Crippen molar-refractivity contribution in [2.45, 2.75) is 19.8 Å². The van der Waals surface area contributed by atoms with E-state index in [2.05, 4.69) is 20.3 Å². The lowest BCUT2D eigenvalue weighted by molar-refractivity contribution is -0.126. The molecule has 4 aromatic rings. The second kappa shape index (κ2) is 8.24. The van der Waals surface area contributed by atoms with E-state index in [0.717, 1.165) is 37.2 Å². The Morgan fingerprint density at radius 2 is 2.26 bits per heavy atom. The number of rotatable bonds is 6. The second-order valence-electron chi connectivity index (χ2n) is 7.54. The van der Waals surface area contributed by atoms with Crippen LogP contribution in [0.4, 0.5) is 5.69 Å². The van der Waals surface area contributed by atoms with Gasteiger partial charge in [0, 0.05) is 37.3 Å². The van der Waals surface area contributed by atoms with Gasteiger partial charge in [0.25, 0.3) is 0 Å². The summed E-state index contributed by atoms with van der Waals surface area (Å²) in [6.45, 7) is 2.86. The van der Waals surface area contributed by atoms with Crippen LogP contribution in [0.5, 0.6) is 0 Å². The number of hydrogen-bond donors (Lipinski definition) is 2. The first kappa shape index (κ1) is 19.9. The number of H-pyrrole nitrogens is 1. The molecule has 1 unspecified atom stereocenters. The molecule has 4 heterocycles. The quantitative estimate of drug-likeness (QED) is 0.467. The maximum Gasteiger partial charge on any atom is 0.227 e. The lowest BCUT2D eigenvalue weighted by Crippen LogP contribution is -2.34. The summed E-state index contributed by atoms with van der Waals surface area (Å²) < 4.78 is 1.10. The highest BCUT2D eigenvalue weighted by molar-refractivity contribution is 7.18. The zero-order valence-electron chi connectivity index (χ0n) is 16.9. The van der Waals surface area contributed by atoms with Crippen molar-refractivity contribution in [3.8, 4) is 10.6 Å². The number of nitrogens with zero attached hydrogens (tertiary/aromatic N) is 3. The smallest absolute Gasteiger partial charge is 0.227 e. The highest BCUT2D eigenvalue weighted by atomic mass is 32.1. The van der Waals surface area contributed by atoms with Gasteiger partial charge in [0.05, 0.1) is 32.3 Å². The molecule has 1 atom stereocenters. The Hall–Kier alpha value is -3.04. The lowest BCUT2D eigenvalue weighted by Gasteiger charge is -2.16. The van der Waals surface area contributed by atoms with Gasteiger partial charge in [0.2, 0.25) is 11.8 Å². The number of carbonyl (C=O) groups excluding carboxylic acids is 2. The van der Waals surface area contributed by atoms with Gasteiger partial charge in [-0.2, -0.15) is 0 Å². The molecular weight excluding hydrogens is 430 g/mol. The third-order valence-corrected chi connectivity index (χ3v) is 7.26. The van der Waals surface area contributed by atoms with E-state index in [4.69, 9.17) is 0 Å². The molecule has 1 fully saturated rings. The summed E-state index contributed by atoms with van der Waals surface area (Å²) in [5.74, 6) is -0.461. The van der Waals surface area contributed by atoms with E-state index in [1.807, 2.05) is 42.6 Å². The number of imidazole rings is 1. The number of aromatic nitrogens is 3. The van der Waals surface area contributed by atoms with Gasteiger partial charge >= 0.3 is 0 Å². The normalized spacial score (nSPS) is 16.4. The summed E-state index contributed by atoms with van der Waals surface area (Å²) in [5.41, 5.74) is 3.62. The molecule has 0 aliphatic carbocycles. The maximum absolute atomic E-state index is 12.7. The van der Waals surface area contributed by atoms with Gasteiger partial charge in [-0.1, -0.05) is 6.07 Å². The topological polar surface area (TPSA) is 91.0 Å². The van der Waals surface area contributed by atoms with Crippen LogP contribution in [0.3, 0.4) is 0 Å². The third kappa shape index (κ3) is 3.98. The van der Waals surface area contributed by atoms with Crippen molar-refractivity contribution in [2.24, 2.45) is 5.92 Å². The summed E-state index contributed by atoms with van der Waals surface area (Å²) in [4.78, 5) is 40.2. The first-order valence-electron chi connectivity index (χ1n) is 10.1. The molecule has 3 aromatic heterocycles. The van der Waals surface area contributed by atoms with Crippen molar-refractivity contribution in [1.29, 1.82) is 0 Å². The van der Waals surface area contributed by atoms with Crippen LogP contribution < -0.4 is 10.2 Å². The summed E-state index contributed by atoms with van der Waals surface area (Å²) in [6, 6.07) is 9.89. The molecule has 0 radical (unpaired) electrons. The molecule has 0 bridgehead atoms. The molecule has 2 N–H and O–H groups in total. The molecular formula is C22H21N5O2S2. The van der Waals surface area contributed by atoms with Crippen LogP contribution in [-0.4, -0.2) is 39.9 Å². The average molecular weight is 452 g/mol. The summed E-state index contributed by atoms with van der Waals surface area (Å²) >= 11 is 3.27. The Bertz CT molecular complexity index is 1240. The van der Waals surface area contributed by atoms with Crippen molar-refractivity contribution >= 4 is 50.4 Å². The van der Waals surface area contributed by atoms with Gasteiger partial charge in [-0.25, -0.2) is 9.97 Å². The molecule has 31 heavy (non-hydrogen) atoms. The minimum absolute atomic E-state index is 0.0278. The van der Waals surface area contributed by atoms with Crippen molar-refractivity contribution < 1.29 is 9.59 Å². The minimum Gasteiger partial charge on any atom is -0.355 e. The van der Waals surface area contributed by atoms with Gasteiger partial charge in [-0.3, -0.25) is 9.59 Å². The summed E-state index contributed by atoms with van der Waals surface area (Å²) in [6.07, 6.45) is 2.56. The Balaban J connectivity index is 1.20. The van der Waals surface area contributed by atoms with Crippen molar-refractivity contribution in [2.75, 3.05) is 18.0 Å². The average Bonchev–Trinajstić information content (AvgIpc) is 3.53. The minimum atomic E-state index is -0.348. The lowest BCUT2D eigenvalue weighted by atomic mass is 10.1. The van der Waals surface area contributed by atoms with E-state index in [-0.39, 0.29) is 24.2 Å². The number of anilines is 1. The predicted octanol–water partition coefficient (Wildman–Crippen LogP) is 3.77. The third-order valence-electron chi connectivity index (χ3n) is 5.43. The molecule has 158 valence electrons. The highest BCUT2D eigenvalue weighted by Crippen LogP contribution is 2.30. The molecule has 0 spiro atoms. The number of amides is 2. The fourth-order valence-electron chi connectivity index (χ4n) is 3.92. The molecule has 0 saturated carbocycles. The van der Waals surface area contributed by atoms with Gasteiger partial charge in [0.1, 0.15) is 5.69 Å². The van der Waals surface area contributed by atoms with Crippen molar-refractivity contribution in [3.63, 3.8) is 0 Å². The molecule has 1 aliphatic rings. The van der Waals surface area contributed by atoms with E-state index in [1.54, 1.807) is 33.9 Å². The molecule has 1 aliphatic heterocycles. The zero-order chi connectivity index (χ0) is 21.4. The highest BCUT2D eigenvalue weighted by Gasteiger charge is 2.35. The van der Waals surface area contributed by atoms with Gasteiger partial charge < -0.3 is 15.2 Å². The van der Waals surface area contributed by atoms with Crippen LogP contribution in [-0.2, 0) is 16.0 Å². The van der Waals surface area contributed by atoms with Crippen LogP contribution in [0.25, 0.3) is 20.8 Å². The van der Waals surface area contributed by atoms with Crippen molar-refractivity contribution in [3.05, 3.63) is 52.7 Å². The number of nitrogens with one attached hydrogen (secondary N) is 2. The van der Waals surface area contributed by atoms with Gasteiger partial charge in [0.15, 0.2) is 0 Å². The molecule has 2 amide bonds. The maximum atomic E-state index is 12.7. The summed E-state index contributed by atoms with van der Waals surface area (Å²) in [7, 11) is 0. The van der Waals surface area contributed by atoms with E-state index >= 15 is 0 Å². The Kier molecular flexibility index (Phi) is 5.29. The summed E-state index contributed by atoms with van der Waals surface area (Å²) in [5, 5.41) is 6.00. The Morgan fingerprint density at radius 1 is 1.35 bits per heavy atom. The first-order valence-corrected chi connectivity index (χ1v) is 11.8. The van der Waals surface area contributed by atoms with Crippen molar-refractivity contribution in [1.82, 2.24) is 20.3 Å². The van der Waals surface area contributed by atoms with Gasteiger partial charge in [-0.15, -0.1) is 22.7 Å². The van der Waals surface area contributed by atoms with Crippen LogP contribution in [0, 0.1) is 12.8 Å². The fourth-order valence-corrected chi connectivity index (χ4v) is 5.48. The molecule has 5 rings (SSSR count). The standard InChI is InChI=1S/C22H21N5O2S2/c1-13-26-17-10-15(4-5-18(17)31-13)27-11-14(9-20(27)28)22(29)23-7-6-16-21(25-12-24-16)19-3-2-8-30-19/h2-5,8,10,12,14H,6-7,9,11H2,1H3,(H,23,29)(H,24,25).